The van der Waals surface area contributed by atoms with Crippen molar-refractivity contribution in [3.63, 3.8) is 0 Å². The van der Waals surface area contributed by atoms with E-state index >= 15 is 0 Å². The van der Waals surface area contributed by atoms with E-state index in [1.165, 1.54) is 0 Å². The standard InChI is InChI=1S/C12H19ClN2O/c1-15(2)6-8-16-7-5-10-3-4-11(14)9-12(10)13/h3-4,9H,5-8,14H2,1-2H3. The molecule has 0 saturated heterocycles. The zero-order valence-corrected chi connectivity index (χ0v) is 10.6. The Morgan fingerprint density at radius 1 is 1.31 bits per heavy atom. The van der Waals surface area contributed by atoms with E-state index in [1.807, 2.05) is 26.2 Å². The maximum absolute atomic E-state index is 6.05. The molecule has 0 radical (unpaired) electrons. The van der Waals surface area contributed by atoms with Crippen molar-refractivity contribution in [2.45, 2.75) is 6.42 Å². The highest BCUT2D eigenvalue weighted by molar-refractivity contribution is 6.31. The van der Waals surface area contributed by atoms with Gasteiger partial charge in [-0.15, -0.1) is 0 Å². The van der Waals surface area contributed by atoms with Crippen molar-refractivity contribution in [2.24, 2.45) is 0 Å². The lowest BCUT2D eigenvalue weighted by Gasteiger charge is -2.10. The first-order valence-electron chi connectivity index (χ1n) is 5.36. The smallest absolute Gasteiger partial charge is 0.0593 e. The molecule has 0 heterocycles. The zero-order chi connectivity index (χ0) is 12.0. The lowest BCUT2D eigenvalue weighted by molar-refractivity contribution is 0.120. The van der Waals surface area contributed by atoms with Crippen molar-refractivity contribution >= 4 is 17.3 Å². The largest absolute Gasteiger partial charge is 0.399 e. The number of nitrogen functional groups attached to an aromatic ring is 1. The summed E-state index contributed by atoms with van der Waals surface area (Å²) in [6, 6.07) is 5.59. The summed E-state index contributed by atoms with van der Waals surface area (Å²) in [4.78, 5) is 2.09. The summed E-state index contributed by atoms with van der Waals surface area (Å²) in [5.41, 5.74) is 7.40. The maximum atomic E-state index is 6.05. The summed E-state index contributed by atoms with van der Waals surface area (Å²) < 4.78 is 5.50. The minimum atomic E-state index is 0.692. The molecule has 1 aromatic carbocycles. The van der Waals surface area contributed by atoms with Gasteiger partial charge in [0.15, 0.2) is 0 Å². The molecule has 16 heavy (non-hydrogen) atoms. The average molecular weight is 243 g/mol. The molecule has 2 N–H and O–H groups in total. The van der Waals surface area contributed by atoms with Gasteiger partial charge in [0.05, 0.1) is 13.2 Å². The maximum Gasteiger partial charge on any atom is 0.0593 e. The summed E-state index contributed by atoms with van der Waals surface area (Å²) in [5.74, 6) is 0. The van der Waals surface area contributed by atoms with Gasteiger partial charge in [-0.25, -0.2) is 0 Å². The first-order valence-corrected chi connectivity index (χ1v) is 5.74. The fraction of sp³-hybridized carbons (Fsp3) is 0.500. The fourth-order valence-electron chi connectivity index (χ4n) is 1.30. The van der Waals surface area contributed by atoms with Gasteiger partial charge < -0.3 is 15.4 Å². The highest BCUT2D eigenvalue weighted by Crippen LogP contribution is 2.19. The zero-order valence-electron chi connectivity index (χ0n) is 9.87. The van der Waals surface area contributed by atoms with E-state index in [-0.39, 0.29) is 0 Å². The van der Waals surface area contributed by atoms with E-state index in [0.717, 1.165) is 30.2 Å². The van der Waals surface area contributed by atoms with Gasteiger partial charge in [-0.3, -0.25) is 0 Å². The highest BCUT2D eigenvalue weighted by Gasteiger charge is 2.00. The minimum absolute atomic E-state index is 0.692. The quantitative estimate of drug-likeness (QED) is 0.613. The SMILES string of the molecule is CN(C)CCOCCc1ccc(N)cc1Cl. The molecule has 0 aliphatic carbocycles. The van der Waals surface area contributed by atoms with E-state index in [0.29, 0.717) is 12.3 Å². The van der Waals surface area contributed by atoms with Crippen molar-refractivity contribution in [3.05, 3.63) is 28.8 Å². The Morgan fingerprint density at radius 3 is 2.69 bits per heavy atom. The molecule has 0 saturated carbocycles. The second kappa shape index (κ2) is 6.74. The Balaban J connectivity index is 2.27. The number of ether oxygens (including phenoxy) is 1. The van der Waals surface area contributed by atoms with Crippen LogP contribution in [0.1, 0.15) is 5.56 Å². The third kappa shape index (κ3) is 4.84. The molecule has 0 fully saturated rings. The summed E-state index contributed by atoms with van der Waals surface area (Å²) in [5, 5.41) is 0.719. The molecule has 3 nitrogen and oxygen atoms in total. The van der Waals surface area contributed by atoms with E-state index < -0.39 is 0 Å². The fourth-order valence-corrected chi connectivity index (χ4v) is 1.58. The predicted molar refractivity (Wildman–Crippen MR) is 68.9 cm³/mol. The van der Waals surface area contributed by atoms with Crippen molar-refractivity contribution < 1.29 is 4.74 Å². The normalized spacial score (nSPS) is 11.0. The third-order valence-corrected chi connectivity index (χ3v) is 2.63. The van der Waals surface area contributed by atoms with Gasteiger partial charge in [0, 0.05) is 17.3 Å². The van der Waals surface area contributed by atoms with Crippen LogP contribution in [0.4, 0.5) is 5.69 Å². The Kier molecular flexibility index (Phi) is 5.60. The number of hydrogen-bond acceptors (Lipinski definition) is 3. The molecule has 0 unspecified atom stereocenters. The molecule has 0 spiro atoms. The van der Waals surface area contributed by atoms with Gasteiger partial charge in [0.2, 0.25) is 0 Å². The van der Waals surface area contributed by atoms with Gasteiger partial charge >= 0.3 is 0 Å². The third-order valence-electron chi connectivity index (χ3n) is 2.28. The summed E-state index contributed by atoms with van der Waals surface area (Å²) in [6.07, 6.45) is 0.826. The minimum Gasteiger partial charge on any atom is -0.399 e. The number of rotatable bonds is 6. The topological polar surface area (TPSA) is 38.5 Å². The summed E-state index contributed by atoms with van der Waals surface area (Å²) >= 11 is 6.05. The van der Waals surface area contributed by atoms with Crippen molar-refractivity contribution in [2.75, 3.05) is 39.6 Å². The Bertz CT molecular complexity index is 329. The molecule has 1 rings (SSSR count). The monoisotopic (exact) mass is 242 g/mol. The first-order chi connectivity index (χ1) is 7.59. The molecule has 1 aromatic rings. The molecule has 0 aliphatic rings. The number of anilines is 1. The van der Waals surface area contributed by atoms with E-state index in [2.05, 4.69) is 4.90 Å². The van der Waals surface area contributed by atoms with Crippen molar-refractivity contribution in [1.29, 1.82) is 0 Å². The molecule has 0 bridgehead atoms. The van der Waals surface area contributed by atoms with Gasteiger partial charge in [0.25, 0.3) is 0 Å². The van der Waals surface area contributed by atoms with Crippen LogP contribution in [0.5, 0.6) is 0 Å². The molecule has 90 valence electrons. The van der Waals surface area contributed by atoms with Crippen LogP contribution in [0.3, 0.4) is 0 Å². The van der Waals surface area contributed by atoms with Crippen molar-refractivity contribution in [1.82, 2.24) is 4.90 Å². The van der Waals surface area contributed by atoms with Crippen LogP contribution in [0.2, 0.25) is 5.02 Å². The van der Waals surface area contributed by atoms with E-state index in [4.69, 9.17) is 22.1 Å². The Labute approximate surface area is 102 Å². The van der Waals surface area contributed by atoms with E-state index in [9.17, 15) is 0 Å². The lowest BCUT2D eigenvalue weighted by Crippen LogP contribution is -2.18. The number of nitrogens with zero attached hydrogens (tertiary/aromatic N) is 1. The van der Waals surface area contributed by atoms with Crippen LogP contribution >= 0.6 is 11.6 Å². The average Bonchev–Trinajstić information content (AvgIpc) is 2.20. The molecule has 0 atom stereocenters. The number of nitrogens with two attached hydrogens (primary N) is 1. The van der Waals surface area contributed by atoms with Gasteiger partial charge in [-0.1, -0.05) is 17.7 Å². The molecule has 4 heteroatoms. The molecular formula is C12H19ClN2O. The predicted octanol–water partition coefficient (Wildman–Crippen LogP) is 2.04. The number of likely N-dealkylation sites (N-methyl/N-ethyl adjacent to an activating group) is 1. The van der Waals surface area contributed by atoms with Crippen LogP contribution in [0.25, 0.3) is 0 Å². The van der Waals surface area contributed by atoms with Gasteiger partial charge in [-0.2, -0.15) is 0 Å². The van der Waals surface area contributed by atoms with Crippen LogP contribution in [-0.2, 0) is 11.2 Å². The van der Waals surface area contributed by atoms with Crippen LogP contribution in [-0.4, -0.2) is 38.8 Å². The highest BCUT2D eigenvalue weighted by atomic mass is 35.5. The second-order valence-corrected chi connectivity index (χ2v) is 4.42. The molecule has 0 aromatic heterocycles. The van der Waals surface area contributed by atoms with Crippen LogP contribution < -0.4 is 5.73 Å². The molecule has 0 amide bonds. The second-order valence-electron chi connectivity index (χ2n) is 4.02. The number of benzene rings is 1. The summed E-state index contributed by atoms with van der Waals surface area (Å²) in [6.45, 7) is 2.38. The van der Waals surface area contributed by atoms with Gasteiger partial charge in [-0.05, 0) is 38.2 Å². The Morgan fingerprint density at radius 2 is 2.06 bits per heavy atom. The van der Waals surface area contributed by atoms with Crippen LogP contribution in [0, 0.1) is 0 Å². The van der Waals surface area contributed by atoms with Gasteiger partial charge in [0.1, 0.15) is 0 Å². The Hall–Kier alpha value is -0.770. The number of halogens is 1. The summed E-state index contributed by atoms with van der Waals surface area (Å²) in [7, 11) is 4.06. The molecular weight excluding hydrogens is 224 g/mol. The lowest BCUT2D eigenvalue weighted by atomic mass is 10.1. The first kappa shape index (κ1) is 13.3. The van der Waals surface area contributed by atoms with Crippen molar-refractivity contribution in [3.8, 4) is 0 Å². The molecule has 0 aliphatic heterocycles. The van der Waals surface area contributed by atoms with E-state index in [1.54, 1.807) is 6.07 Å². The number of hydrogen-bond donors (Lipinski definition) is 1. The van der Waals surface area contributed by atoms with Crippen LogP contribution in [0.15, 0.2) is 18.2 Å².